The van der Waals surface area contributed by atoms with Crippen LogP contribution in [0, 0.1) is 18.8 Å². The van der Waals surface area contributed by atoms with E-state index in [1.54, 1.807) is 60.7 Å². The molecule has 4 aromatic heterocycles. The quantitative estimate of drug-likeness (QED) is 0.326. The maximum absolute atomic E-state index is 14.2. The smallest absolute Gasteiger partial charge is 0.267 e. The molecule has 4 heterocycles. The second-order valence-electron chi connectivity index (χ2n) is 9.64. The molecule has 2 aromatic carbocycles. The lowest BCUT2D eigenvalue weighted by atomic mass is 10.1. The molecule has 0 aliphatic carbocycles. The predicted molar refractivity (Wildman–Crippen MR) is 155 cm³/mol. The minimum Gasteiger partial charge on any atom is -0.381 e. The van der Waals surface area contributed by atoms with Gasteiger partial charge in [-0.15, -0.1) is 5.10 Å². The average Bonchev–Trinajstić information content (AvgIpc) is 3.53. The fraction of sp³-hybridized carbons (Fsp3) is 0.133. The number of aryl methyl sites for hydroxylation is 2. The lowest BCUT2D eigenvalue weighted by Gasteiger charge is -2.20. The molecule has 11 heteroatoms. The number of carbonyl (C=O) groups is 1. The van der Waals surface area contributed by atoms with Gasteiger partial charge in [0, 0.05) is 31.2 Å². The van der Waals surface area contributed by atoms with Crippen molar-refractivity contribution in [3.63, 3.8) is 0 Å². The van der Waals surface area contributed by atoms with Gasteiger partial charge >= 0.3 is 0 Å². The topological polar surface area (TPSA) is 138 Å². The van der Waals surface area contributed by atoms with E-state index in [2.05, 4.69) is 32.3 Å². The van der Waals surface area contributed by atoms with Crippen LogP contribution in [0.2, 0.25) is 0 Å². The summed E-state index contributed by atoms with van der Waals surface area (Å²) in [6, 6.07) is 13.9. The summed E-state index contributed by atoms with van der Waals surface area (Å²) in [6.07, 6.45) is 6.68. The molecular formula is C30H25N9O2. The number of benzene rings is 2. The molecule has 1 atom stereocenters. The number of anilines is 1. The lowest BCUT2D eigenvalue weighted by molar-refractivity contribution is 0.0940. The molecule has 41 heavy (non-hydrogen) atoms. The Balaban J connectivity index is 1.49. The molecule has 0 unspecified atom stereocenters. The van der Waals surface area contributed by atoms with Gasteiger partial charge in [0.15, 0.2) is 11.5 Å². The Morgan fingerprint density at radius 1 is 1.10 bits per heavy atom. The highest BCUT2D eigenvalue weighted by atomic mass is 16.2. The van der Waals surface area contributed by atoms with Gasteiger partial charge in [0.25, 0.3) is 11.5 Å². The number of fused-ring (bicyclic) bond motifs is 2. The van der Waals surface area contributed by atoms with Crippen LogP contribution >= 0.6 is 0 Å². The van der Waals surface area contributed by atoms with Crippen LogP contribution in [-0.4, -0.2) is 39.8 Å². The Morgan fingerprint density at radius 2 is 1.90 bits per heavy atom. The summed E-state index contributed by atoms with van der Waals surface area (Å²) in [6.45, 7) is 3.73. The molecule has 1 amide bonds. The average molecular weight is 544 g/mol. The number of nitrogens with two attached hydrogens (primary N) is 1. The first-order chi connectivity index (χ1) is 19.8. The second kappa shape index (κ2) is 10.1. The molecule has 6 rings (SSSR count). The Morgan fingerprint density at radius 3 is 2.66 bits per heavy atom. The number of nitrogens with one attached hydrogen (secondary N) is 1. The maximum atomic E-state index is 14.2. The van der Waals surface area contributed by atoms with Crippen molar-refractivity contribution in [1.82, 2.24) is 39.2 Å². The normalized spacial score (nSPS) is 11.8. The van der Waals surface area contributed by atoms with Crippen LogP contribution in [0.25, 0.3) is 22.2 Å². The molecule has 11 nitrogen and oxygen atoms in total. The SMILES string of the molecule is Cc1ccc(-n2c([C@@H](C)NC(=O)c3c(N)nn4cccnc34)nc3cccc(C#Cc4cnn(C)c4)c3c2=O)cc1. The highest BCUT2D eigenvalue weighted by molar-refractivity contribution is 6.04. The highest BCUT2D eigenvalue weighted by Gasteiger charge is 2.24. The van der Waals surface area contributed by atoms with Crippen molar-refractivity contribution < 1.29 is 4.79 Å². The lowest BCUT2D eigenvalue weighted by Crippen LogP contribution is -2.33. The van der Waals surface area contributed by atoms with Gasteiger partial charge in [0.05, 0.1) is 34.4 Å². The van der Waals surface area contributed by atoms with E-state index in [1.165, 1.54) is 9.08 Å². The van der Waals surface area contributed by atoms with E-state index in [4.69, 9.17) is 10.7 Å². The van der Waals surface area contributed by atoms with Gasteiger partial charge in [-0.2, -0.15) is 5.10 Å². The van der Waals surface area contributed by atoms with Crippen molar-refractivity contribution in [2.24, 2.45) is 7.05 Å². The van der Waals surface area contributed by atoms with E-state index in [1.807, 2.05) is 38.2 Å². The number of rotatable bonds is 4. The zero-order chi connectivity index (χ0) is 28.7. The highest BCUT2D eigenvalue weighted by Crippen LogP contribution is 2.22. The number of aromatic nitrogens is 7. The minimum atomic E-state index is -0.691. The van der Waals surface area contributed by atoms with Crippen molar-refractivity contribution in [2.75, 3.05) is 5.73 Å². The van der Waals surface area contributed by atoms with Crippen LogP contribution in [0.15, 0.2) is 78.1 Å². The van der Waals surface area contributed by atoms with Crippen LogP contribution in [0.5, 0.6) is 0 Å². The van der Waals surface area contributed by atoms with Crippen molar-refractivity contribution in [1.29, 1.82) is 0 Å². The van der Waals surface area contributed by atoms with E-state index in [0.717, 1.165) is 11.1 Å². The number of carbonyl (C=O) groups excluding carboxylic acids is 1. The maximum Gasteiger partial charge on any atom is 0.267 e. The van der Waals surface area contributed by atoms with Gasteiger partial charge in [0.2, 0.25) is 0 Å². The van der Waals surface area contributed by atoms with Gasteiger partial charge in [-0.05, 0) is 44.2 Å². The minimum absolute atomic E-state index is 0.0487. The molecule has 0 aliphatic rings. The third-order valence-electron chi connectivity index (χ3n) is 6.65. The number of nitrogen functional groups attached to an aromatic ring is 1. The molecule has 0 spiro atoms. The van der Waals surface area contributed by atoms with Crippen molar-refractivity contribution in [3.05, 3.63) is 112 Å². The van der Waals surface area contributed by atoms with Gasteiger partial charge in [-0.25, -0.2) is 14.5 Å². The summed E-state index contributed by atoms with van der Waals surface area (Å²) < 4.78 is 4.62. The summed E-state index contributed by atoms with van der Waals surface area (Å²) in [7, 11) is 1.81. The molecule has 0 saturated heterocycles. The predicted octanol–water partition coefficient (Wildman–Crippen LogP) is 2.94. The molecule has 6 aromatic rings. The summed E-state index contributed by atoms with van der Waals surface area (Å²) in [5.74, 6) is 6.10. The van der Waals surface area contributed by atoms with E-state index < -0.39 is 11.9 Å². The molecule has 0 aliphatic heterocycles. The molecular weight excluding hydrogens is 518 g/mol. The first-order valence-corrected chi connectivity index (χ1v) is 12.8. The Hall–Kier alpha value is -5.76. The number of hydrogen-bond acceptors (Lipinski definition) is 7. The largest absolute Gasteiger partial charge is 0.381 e. The van der Waals surface area contributed by atoms with E-state index in [9.17, 15) is 9.59 Å². The first-order valence-electron chi connectivity index (χ1n) is 12.8. The molecule has 3 N–H and O–H groups in total. The zero-order valence-electron chi connectivity index (χ0n) is 22.5. The molecule has 0 bridgehead atoms. The number of amides is 1. The molecule has 0 fully saturated rings. The monoisotopic (exact) mass is 543 g/mol. The van der Waals surface area contributed by atoms with Crippen LogP contribution in [0.3, 0.4) is 0 Å². The molecule has 0 radical (unpaired) electrons. The van der Waals surface area contributed by atoms with Crippen LogP contribution in [0.4, 0.5) is 5.82 Å². The fourth-order valence-electron chi connectivity index (χ4n) is 4.67. The van der Waals surface area contributed by atoms with E-state index >= 15 is 0 Å². The number of nitrogens with zero attached hydrogens (tertiary/aromatic N) is 7. The standard InChI is InChI=1S/C30H25N9O2/c1-18-8-12-22(13-9-18)39-27(19(2)34-29(40)25-26(31)36-38-15-5-14-32-28(25)38)35-23-7-4-6-21(24(23)30(39)41)11-10-20-16-33-37(3)17-20/h4-9,12-17,19H,1-3H3,(H2,31,36)(H,34,40)/t19-/m1/s1. The Kier molecular flexibility index (Phi) is 6.28. The third kappa shape index (κ3) is 4.68. The summed E-state index contributed by atoms with van der Waals surface area (Å²) >= 11 is 0. The van der Waals surface area contributed by atoms with Crippen LogP contribution in [0.1, 0.15) is 45.8 Å². The zero-order valence-corrected chi connectivity index (χ0v) is 22.5. The summed E-state index contributed by atoms with van der Waals surface area (Å²) in [5, 5.41) is 11.6. The summed E-state index contributed by atoms with van der Waals surface area (Å²) in [5.41, 5.74) is 9.62. The van der Waals surface area contributed by atoms with Crippen LogP contribution in [-0.2, 0) is 7.05 Å². The first kappa shape index (κ1) is 25.5. The van der Waals surface area contributed by atoms with Gasteiger partial charge in [0.1, 0.15) is 11.4 Å². The Bertz CT molecular complexity index is 2080. The Labute approximate surface area is 234 Å². The fourth-order valence-corrected chi connectivity index (χ4v) is 4.67. The van der Waals surface area contributed by atoms with Gasteiger partial charge < -0.3 is 11.1 Å². The van der Waals surface area contributed by atoms with Crippen molar-refractivity contribution in [3.8, 4) is 17.5 Å². The molecule has 0 saturated carbocycles. The van der Waals surface area contributed by atoms with Gasteiger partial charge in [-0.3, -0.25) is 18.8 Å². The van der Waals surface area contributed by atoms with E-state index in [-0.39, 0.29) is 16.9 Å². The van der Waals surface area contributed by atoms with Gasteiger partial charge in [-0.1, -0.05) is 35.6 Å². The van der Waals surface area contributed by atoms with Crippen molar-refractivity contribution >= 4 is 28.3 Å². The number of hydrogen-bond donors (Lipinski definition) is 2. The summed E-state index contributed by atoms with van der Waals surface area (Å²) in [4.78, 5) is 36.7. The van der Waals surface area contributed by atoms with Crippen LogP contribution < -0.4 is 16.6 Å². The third-order valence-corrected chi connectivity index (χ3v) is 6.65. The van der Waals surface area contributed by atoms with E-state index in [0.29, 0.717) is 33.6 Å². The second-order valence-corrected chi connectivity index (χ2v) is 9.64. The molecule has 202 valence electrons. The van der Waals surface area contributed by atoms with Crippen molar-refractivity contribution in [2.45, 2.75) is 19.9 Å².